The van der Waals surface area contributed by atoms with E-state index in [0.717, 1.165) is 24.4 Å². The zero-order chi connectivity index (χ0) is 13.7. The van der Waals surface area contributed by atoms with E-state index >= 15 is 0 Å². The Labute approximate surface area is 108 Å². The van der Waals surface area contributed by atoms with E-state index in [9.17, 15) is 0 Å². The maximum absolute atomic E-state index is 5.59. The average molecular weight is 238 g/mol. The van der Waals surface area contributed by atoms with Crippen molar-refractivity contribution in [2.45, 2.75) is 60.8 Å². The molecule has 0 rings (SSSR count). The van der Waals surface area contributed by atoms with Crippen LogP contribution in [0.15, 0.2) is 35.6 Å². The highest BCUT2D eigenvalue weighted by Crippen LogP contribution is 2.07. The van der Waals surface area contributed by atoms with Gasteiger partial charge < -0.3 is 4.74 Å². The van der Waals surface area contributed by atoms with E-state index in [1.807, 2.05) is 27.7 Å². The van der Waals surface area contributed by atoms with Crippen molar-refractivity contribution in [1.29, 1.82) is 0 Å². The van der Waals surface area contributed by atoms with Crippen LogP contribution in [0.2, 0.25) is 0 Å². The lowest BCUT2D eigenvalue weighted by Crippen LogP contribution is -1.92. The average Bonchev–Trinajstić information content (AvgIpc) is 2.26. The molecule has 0 aromatic rings. The molecule has 0 aromatic carbocycles. The zero-order valence-corrected chi connectivity index (χ0v) is 12.6. The van der Waals surface area contributed by atoms with Crippen LogP contribution in [-0.2, 0) is 4.74 Å². The van der Waals surface area contributed by atoms with Gasteiger partial charge in [0.05, 0.1) is 12.4 Å². The molecule has 0 amide bonds. The molecule has 0 aliphatic carbocycles. The first-order valence-electron chi connectivity index (χ1n) is 6.71. The second kappa shape index (κ2) is 13.1. The first-order valence-corrected chi connectivity index (χ1v) is 6.71. The molecule has 0 bridgehead atoms. The summed E-state index contributed by atoms with van der Waals surface area (Å²) in [5, 5.41) is 0. The molecule has 0 radical (unpaired) electrons. The van der Waals surface area contributed by atoms with Crippen molar-refractivity contribution < 1.29 is 4.74 Å². The van der Waals surface area contributed by atoms with E-state index in [1.54, 1.807) is 0 Å². The number of unbranched alkanes of at least 4 members (excludes halogenated alkanes) is 2. The van der Waals surface area contributed by atoms with Gasteiger partial charge in [-0.15, -0.1) is 0 Å². The molecule has 0 saturated heterocycles. The molecule has 0 N–H and O–H groups in total. The SMILES string of the molecule is C=C(C)/C=C(C)\C=C(/C)OCCCCC.CC. The molecule has 1 nitrogen and oxygen atoms in total. The first-order chi connectivity index (χ1) is 8.06. The van der Waals surface area contributed by atoms with Gasteiger partial charge in [0, 0.05) is 0 Å². The third kappa shape index (κ3) is 15.0. The van der Waals surface area contributed by atoms with Gasteiger partial charge in [-0.3, -0.25) is 0 Å². The molecule has 0 aromatic heterocycles. The molecule has 0 aliphatic rings. The summed E-state index contributed by atoms with van der Waals surface area (Å²) in [6, 6.07) is 0. The molecule has 0 aliphatic heterocycles. The predicted molar refractivity (Wildman–Crippen MR) is 79.2 cm³/mol. The maximum atomic E-state index is 5.59. The van der Waals surface area contributed by atoms with Gasteiger partial charge in [0.15, 0.2) is 0 Å². The Morgan fingerprint density at radius 2 is 1.65 bits per heavy atom. The van der Waals surface area contributed by atoms with Gasteiger partial charge in [0.2, 0.25) is 0 Å². The largest absolute Gasteiger partial charge is 0.498 e. The van der Waals surface area contributed by atoms with Crippen LogP contribution in [0, 0.1) is 0 Å². The molecule has 0 unspecified atom stereocenters. The highest BCUT2D eigenvalue weighted by molar-refractivity contribution is 5.26. The minimum Gasteiger partial charge on any atom is -0.498 e. The monoisotopic (exact) mass is 238 g/mol. The van der Waals surface area contributed by atoms with Crippen molar-refractivity contribution in [3.8, 4) is 0 Å². The lowest BCUT2D eigenvalue weighted by molar-refractivity contribution is 0.207. The lowest BCUT2D eigenvalue weighted by atomic mass is 10.2. The second-order valence-electron chi connectivity index (χ2n) is 4.05. The van der Waals surface area contributed by atoms with E-state index in [0.29, 0.717) is 0 Å². The molecule has 17 heavy (non-hydrogen) atoms. The standard InChI is InChI=1S/C14H24O.C2H6/c1-6-7-8-9-15-14(5)11-13(4)10-12(2)3;1-2/h10-11H,2,6-9H2,1,3-5H3;1-2H3/b13-10-,14-11+;. The highest BCUT2D eigenvalue weighted by atomic mass is 16.5. The third-order valence-electron chi connectivity index (χ3n) is 1.98. The Balaban J connectivity index is 0. The smallest absolute Gasteiger partial charge is 0.0931 e. The molecule has 0 heterocycles. The third-order valence-corrected chi connectivity index (χ3v) is 1.98. The van der Waals surface area contributed by atoms with Crippen molar-refractivity contribution >= 4 is 0 Å². The number of rotatable bonds is 7. The van der Waals surface area contributed by atoms with Crippen LogP contribution >= 0.6 is 0 Å². The second-order valence-corrected chi connectivity index (χ2v) is 4.05. The van der Waals surface area contributed by atoms with Gasteiger partial charge in [0.25, 0.3) is 0 Å². The number of allylic oxidation sites excluding steroid dienone is 5. The van der Waals surface area contributed by atoms with Gasteiger partial charge in [-0.25, -0.2) is 0 Å². The Morgan fingerprint density at radius 1 is 1.06 bits per heavy atom. The Morgan fingerprint density at radius 3 is 2.12 bits per heavy atom. The van der Waals surface area contributed by atoms with Crippen LogP contribution in [0.1, 0.15) is 60.8 Å². The van der Waals surface area contributed by atoms with Gasteiger partial charge >= 0.3 is 0 Å². The maximum Gasteiger partial charge on any atom is 0.0931 e. The normalized spacial score (nSPS) is 11.6. The van der Waals surface area contributed by atoms with Crippen LogP contribution in [0.4, 0.5) is 0 Å². The lowest BCUT2D eigenvalue weighted by Gasteiger charge is -2.05. The molecule has 0 saturated carbocycles. The highest BCUT2D eigenvalue weighted by Gasteiger charge is 1.91. The summed E-state index contributed by atoms with van der Waals surface area (Å²) in [5.74, 6) is 0.987. The Hall–Kier alpha value is -0.980. The summed E-state index contributed by atoms with van der Waals surface area (Å²) in [5.41, 5.74) is 2.26. The van der Waals surface area contributed by atoms with Crippen LogP contribution in [-0.4, -0.2) is 6.61 Å². The zero-order valence-electron chi connectivity index (χ0n) is 12.6. The van der Waals surface area contributed by atoms with Crippen molar-refractivity contribution in [3.63, 3.8) is 0 Å². The fourth-order valence-electron chi connectivity index (χ4n) is 1.38. The molecule has 0 fully saturated rings. The summed E-state index contributed by atoms with van der Waals surface area (Å²) in [6.07, 6.45) is 7.74. The Kier molecular flexibility index (Phi) is 14.2. The molecule has 1 heteroatoms. The van der Waals surface area contributed by atoms with Crippen molar-refractivity contribution in [3.05, 3.63) is 35.6 Å². The molecule has 100 valence electrons. The molecule has 0 spiro atoms. The minimum absolute atomic E-state index is 0.830. The number of hydrogen-bond acceptors (Lipinski definition) is 1. The fourth-order valence-corrected chi connectivity index (χ4v) is 1.38. The van der Waals surface area contributed by atoms with E-state index < -0.39 is 0 Å². The number of hydrogen-bond donors (Lipinski definition) is 0. The topological polar surface area (TPSA) is 9.23 Å². The van der Waals surface area contributed by atoms with Crippen LogP contribution in [0.5, 0.6) is 0 Å². The van der Waals surface area contributed by atoms with Gasteiger partial charge in [-0.1, -0.05) is 51.8 Å². The fraction of sp³-hybridized carbons (Fsp3) is 0.625. The minimum atomic E-state index is 0.830. The van der Waals surface area contributed by atoms with E-state index in [-0.39, 0.29) is 0 Å². The van der Waals surface area contributed by atoms with Crippen LogP contribution in [0.25, 0.3) is 0 Å². The predicted octanol–water partition coefficient (Wildman–Crippen LogP) is 5.65. The van der Waals surface area contributed by atoms with E-state index in [1.165, 1.54) is 18.4 Å². The van der Waals surface area contributed by atoms with E-state index in [4.69, 9.17) is 4.74 Å². The van der Waals surface area contributed by atoms with Crippen LogP contribution in [0.3, 0.4) is 0 Å². The van der Waals surface area contributed by atoms with Crippen molar-refractivity contribution in [2.75, 3.05) is 6.61 Å². The summed E-state index contributed by atoms with van der Waals surface area (Å²) in [7, 11) is 0. The van der Waals surface area contributed by atoms with Crippen LogP contribution < -0.4 is 0 Å². The summed E-state index contributed by atoms with van der Waals surface area (Å²) in [4.78, 5) is 0. The number of ether oxygens (including phenoxy) is 1. The summed E-state index contributed by atoms with van der Waals surface area (Å²) < 4.78 is 5.59. The van der Waals surface area contributed by atoms with Gasteiger partial charge in [0.1, 0.15) is 0 Å². The van der Waals surface area contributed by atoms with E-state index in [2.05, 4.69) is 32.6 Å². The first kappa shape index (κ1) is 18.4. The van der Waals surface area contributed by atoms with Gasteiger partial charge in [-0.2, -0.15) is 0 Å². The van der Waals surface area contributed by atoms with Gasteiger partial charge in [-0.05, 0) is 38.8 Å². The quantitative estimate of drug-likeness (QED) is 0.316. The molecule has 0 atom stereocenters. The molecular weight excluding hydrogens is 208 g/mol. The molecular formula is C16H30O. The van der Waals surface area contributed by atoms with Crippen molar-refractivity contribution in [2.24, 2.45) is 0 Å². The summed E-state index contributed by atoms with van der Waals surface area (Å²) >= 11 is 0. The Bertz CT molecular complexity index is 246. The summed E-state index contributed by atoms with van der Waals surface area (Å²) in [6.45, 7) is 16.9. The van der Waals surface area contributed by atoms with Crippen molar-refractivity contribution in [1.82, 2.24) is 0 Å².